The number of carbonyl (C=O) groups is 2. The van der Waals surface area contributed by atoms with Crippen molar-refractivity contribution in [2.24, 2.45) is 0 Å². The lowest BCUT2D eigenvalue weighted by Gasteiger charge is -2.24. The van der Waals surface area contributed by atoms with E-state index in [9.17, 15) is 19.8 Å². The number of hydrogen-bond donors (Lipinski definition) is 2. The SMILES string of the molecule is CCOc1ccc(/C(O)=C2/C(=O)C(=O)N(Cc3ccco3)C2c2cccc(O)c2)cc1C(C)C. The maximum Gasteiger partial charge on any atom is 0.296 e. The van der Waals surface area contributed by atoms with Crippen molar-refractivity contribution in [3.63, 3.8) is 0 Å². The van der Waals surface area contributed by atoms with Crippen LogP contribution in [0.1, 0.15) is 55.2 Å². The number of phenols is 1. The van der Waals surface area contributed by atoms with Gasteiger partial charge in [0.05, 0.1) is 31.0 Å². The molecular formula is C27H27NO6. The fraction of sp³-hybridized carbons (Fsp3) is 0.259. The fourth-order valence-electron chi connectivity index (χ4n) is 4.24. The van der Waals surface area contributed by atoms with Crippen LogP contribution >= 0.6 is 0 Å². The molecule has 0 spiro atoms. The van der Waals surface area contributed by atoms with E-state index in [1.54, 1.807) is 42.5 Å². The molecule has 1 unspecified atom stereocenters. The first kappa shape index (κ1) is 23.2. The van der Waals surface area contributed by atoms with Gasteiger partial charge < -0.3 is 24.3 Å². The van der Waals surface area contributed by atoms with Crippen LogP contribution in [0.25, 0.3) is 5.76 Å². The molecule has 4 rings (SSSR count). The molecule has 34 heavy (non-hydrogen) atoms. The highest BCUT2D eigenvalue weighted by Gasteiger charge is 2.46. The Bertz CT molecular complexity index is 1240. The molecule has 3 aromatic rings. The van der Waals surface area contributed by atoms with Gasteiger partial charge >= 0.3 is 0 Å². The van der Waals surface area contributed by atoms with E-state index in [1.807, 2.05) is 20.8 Å². The normalized spacial score (nSPS) is 17.5. The van der Waals surface area contributed by atoms with Gasteiger partial charge in [-0.05, 0) is 66.4 Å². The number of ether oxygens (including phenoxy) is 1. The lowest BCUT2D eigenvalue weighted by atomic mass is 9.93. The molecular weight excluding hydrogens is 434 g/mol. The summed E-state index contributed by atoms with van der Waals surface area (Å²) in [7, 11) is 0. The third-order valence-corrected chi connectivity index (χ3v) is 5.84. The van der Waals surface area contributed by atoms with Crippen molar-refractivity contribution >= 4 is 17.4 Å². The number of Topliss-reactive ketones (excluding diaryl/α,β-unsaturated/α-hetero) is 1. The number of likely N-dealkylation sites (tertiary alicyclic amines) is 1. The minimum absolute atomic E-state index is 0.00996. The van der Waals surface area contributed by atoms with Gasteiger partial charge in [-0.25, -0.2) is 0 Å². The van der Waals surface area contributed by atoms with E-state index < -0.39 is 17.7 Å². The zero-order chi connectivity index (χ0) is 24.4. The highest BCUT2D eigenvalue weighted by molar-refractivity contribution is 6.46. The molecule has 2 heterocycles. The van der Waals surface area contributed by atoms with Gasteiger partial charge in [0.25, 0.3) is 11.7 Å². The van der Waals surface area contributed by atoms with Gasteiger partial charge in [-0.1, -0.05) is 26.0 Å². The molecule has 7 nitrogen and oxygen atoms in total. The van der Waals surface area contributed by atoms with Gasteiger partial charge in [0.15, 0.2) is 0 Å². The van der Waals surface area contributed by atoms with Crippen LogP contribution in [0.3, 0.4) is 0 Å². The second-order valence-electron chi connectivity index (χ2n) is 8.44. The Morgan fingerprint density at radius 3 is 2.56 bits per heavy atom. The van der Waals surface area contributed by atoms with Gasteiger partial charge in [-0.3, -0.25) is 9.59 Å². The van der Waals surface area contributed by atoms with Crippen LogP contribution in [-0.4, -0.2) is 33.4 Å². The molecule has 1 aliphatic rings. The number of benzene rings is 2. The highest BCUT2D eigenvalue weighted by Crippen LogP contribution is 2.41. The summed E-state index contributed by atoms with van der Waals surface area (Å²) in [5.74, 6) is -0.522. The highest BCUT2D eigenvalue weighted by atomic mass is 16.5. The van der Waals surface area contributed by atoms with Crippen molar-refractivity contribution in [1.82, 2.24) is 4.90 Å². The monoisotopic (exact) mass is 461 g/mol. The summed E-state index contributed by atoms with van der Waals surface area (Å²) in [5, 5.41) is 21.4. The lowest BCUT2D eigenvalue weighted by Crippen LogP contribution is -2.29. The third kappa shape index (κ3) is 4.29. The van der Waals surface area contributed by atoms with Crippen LogP contribution < -0.4 is 4.74 Å². The molecule has 1 fully saturated rings. The van der Waals surface area contributed by atoms with Gasteiger partial charge in [0, 0.05) is 5.56 Å². The number of aliphatic hydroxyl groups is 1. The smallest absolute Gasteiger partial charge is 0.296 e. The molecule has 0 bridgehead atoms. The second kappa shape index (κ2) is 9.47. The zero-order valence-electron chi connectivity index (χ0n) is 19.3. The van der Waals surface area contributed by atoms with E-state index in [-0.39, 0.29) is 29.5 Å². The standard InChI is InChI=1S/C27H27NO6/c1-4-33-22-11-10-18(14-21(22)16(2)3)25(30)23-24(17-7-5-8-19(29)13-17)28(27(32)26(23)31)15-20-9-6-12-34-20/h5-14,16,24,29-30H,4,15H2,1-3H3/b25-23-. The Balaban J connectivity index is 1.87. The molecule has 1 atom stereocenters. The minimum Gasteiger partial charge on any atom is -0.508 e. The first-order chi connectivity index (χ1) is 16.3. The van der Waals surface area contributed by atoms with Crippen LogP contribution in [0, 0.1) is 0 Å². The van der Waals surface area contributed by atoms with Crippen molar-refractivity contribution in [2.45, 2.75) is 39.3 Å². The van der Waals surface area contributed by atoms with Crippen molar-refractivity contribution in [3.8, 4) is 11.5 Å². The molecule has 7 heteroatoms. The summed E-state index contributed by atoms with van der Waals surface area (Å²) in [6.07, 6.45) is 1.49. The van der Waals surface area contributed by atoms with Gasteiger partial charge in [-0.2, -0.15) is 0 Å². The number of furan rings is 1. The van der Waals surface area contributed by atoms with Crippen molar-refractivity contribution in [3.05, 3.63) is 88.9 Å². The molecule has 0 saturated carbocycles. The number of carbonyl (C=O) groups excluding carboxylic acids is 2. The molecule has 1 aliphatic heterocycles. The van der Waals surface area contributed by atoms with Crippen LogP contribution in [0.4, 0.5) is 0 Å². The number of aliphatic hydroxyl groups excluding tert-OH is 1. The summed E-state index contributed by atoms with van der Waals surface area (Å²) in [6.45, 7) is 6.46. The fourth-order valence-corrected chi connectivity index (χ4v) is 4.24. The quantitative estimate of drug-likeness (QED) is 0.287. The third-order valence-electron chi connectivity index (χ3n) is 5.84. The van der Waals surface area contributed by atoms with E-state index in [2.05, 4.69) is 0 Å². The molecule has 176 valence electrons. The van der Waals surface area contributed by atoms with Gasteiger partial charge in [-0.15, -0.1) is 0 Å². The van der Waals surface area contributed by atoms with Crippen molar-refractivity contribution < 1.29 is 29.0 Å². The number of aromatic hydroxyl groups is 1. The van der Waals surface area contributed by atoms with Crippen LogP contribution in [0.15, 0.2) is 70.9 Å². The minimum atomic E-state index is -0.897. The number of ketones is 1. The molecule has 0 radical (unpaired) electrons. The Morgan fingerprint density at radius 1 is 1.12 bits per heavy atom. The number of nitrogens with zero attached hydrogens (tertiary/aromatic N) is 1. The topological polar surface area (TPSA) is 100 Å². The van der Waals surface area contributed by atoms with Crippen molar-refractivity contribution in [2.75, 3.05) is 6.61 Å². The van der Waals surface area contributed by atoms with E-state index in [0.29, 0.717) is 29.2 Å². The van der Waals surface area contributed by atoms with E-state index in [4.69, 9.17) is 9.15 Å². The van der Waals surface area contributed by atoms with Gasteiger partial charge in [0.1, 0.15) is 23.0 Å². The Morgan fingerprint density at radius 2 is 1.91 bits per heavy atom. The summed E-state index contributed by atoms with van der Waals surface area (Å²) in [5.41, 5.74) is 1.75. The summed E-state index contributed by atoms with van der Waals surface area (Å²) in [6, 6.07) is 14.0. The average Bonchev–Trinajstić information content (AvgIpc) is 3.41. The molecule has 0 aliphatic carbocycles. The molecule has 1 saturated heterocycles. The average molecular weight is 462 g/mol. The largest absolute Gasteiger partial charge is 0.508 e. The summed E-state index contributed by atoms with van der Waals surface area (Å²) in [4.78, 5) is 27.6. The molecule has 1 amide bonds. The number of phenolic OH excluding ortho intramolecular Hbond substituents is 1. The van der Waals surface area contributed by atoms with Crippen LogP contribution in [0.2, 0.25) is 0 Å². The summed E-state index contributed by atoms with van der Waals surface area (Å²) < 4.78 is 11.1. The zero-order valence-corrected chi connectivity index (χ0v) is 19.3. The number of rotatable bonds is 7. The van der Waals surface area contributed by atoms with E-state index >= 15 is 0 Å². The Hall–Kier alpha value is -4.00. The second-order valence-corrected chi connectivity index (χ2v) is 8.44. The first-order valence-electron chi connectivity index (χ1n) is 11.2. The summed E-state index contributed by atoms with van der Waals surface area (Å²) >= 11 is 0. The van der Waals surface area contributed by atoms with Crippen LogP contribution in [-0.2, 0) is 16.1 Å². The predicted molar refractivity (Wildman–Crippen MR) is 126 cm³/mol. The maximum atomic E-state index is 13.2. The van der Waals surface area contributed by atoms with Crippen LogP contribution in [0.5, 0.6) is 11.5 Å². The first-order valence-corrected chi connectivity index (χ1v) is 11.2. The Labute approximate surface area is 197 Å². The predicted octanol–water partition coefficient (Wildman–Crippen LogP) is 5.13. The van der Waals surface area contributed by atoms with E-state index in [1.165, 1.54) is 23.3 Å². The molecule has 1 aromatic heterocycles. The molecule has 2 N–H and O–H groups in total. The number of amides is 1. The Kier molecular flexibility index (Phi) is 6.45. The lowest BCUT2D eigenvalue weighted by molar-refractivity contribution is -0.140. The number of hydrogen-bond acceptors (Lipinski definition) is 6. The molecule has 2 aromatic carbocycles. The van der Waals surface area contributed by atoms with E-state index in [0.717, 1.165) is 5.56 Å². The van der Waals surface area contributed by atoms with Gasteiger partial charge in [0.2, 0.25) is 0 Å². The maximum absolute atomic E-state index is 13.2. The van der Waals surface area contributed by atoms with Crippen molar-refractivity contribution in [1.29, 1.82) is 0 Å².